The van der Waals surface area contributed by atoms with Gasteiger partial charge in [-0.05, 0) is 25.0 Å². The molecule has 0 radical (unpaired) electrons. The molecular weight excluding hydrogens is 216 g/mol. The third-order valence-corrected chi connectivity index (χ3v) is 2.72. The molecule has 0 bridgehead atoms. The van der Waals surface area contributed by atoms with Gasteiger partial charge in [-0.3, -0.25) is 4.79 Å². The molecule has 1 aromatic carbocycles. The van der Waals surface area contributed by atoms with Crippen LogP contribution in [-0.2, 0) is 0 Å². The van der Waals surface area contributed by atoms with Crippen LogP contribution in [0.4, 0.5) is 5.69 Å². The Labute approximate surface area is 102 Å². The standard InChI is InChI=1S/C13H18N2O2/c1-14-12-8-10(17-9-4-5-9)6-7-11(12)13(16)15(2)3/h6-9,14H,4-5H2,1-3H3. The second kappa shape index (κ2) is 4.65. The van der Waals surface area contributed by atoms with Gasteiger partial charge >= 0.3 is 0 Å². The fourth-order valence-electron chi connectivity index (χ4n) is 1.61. The first-order chi connectivity index (χ1) is 8.11. The van der Waals surface area contributed by atoms with Gasteiger partial charge in [0.25, 0.3) is 5.91 Å². The van der Waals surface area contributed by atoms with Crippen molar-refractivity contribution < 1.29 is 9.53 Å². The predicted octanol–water partition coefficient (Wildman–Crippen LogP) is 1.97. The van der Waals surface area contributed by atoms with Crippen molar-refractivity contribution in [2.24, 2.45) is 0 Å². The maximum absolute atomic E-state index is 11.9. The Bertz CT molecular complexity index is 425. The zero-order chi connectivity index (χ0) is 12.4. The lowest BCUT2D eigenvalue weighted by atomic mass is 10.1. The predicted molar refractivity (Wildman–Crippen MR) is 67.7 cm³/mol. The largest absolute Gasteiger partial charge is 0.490 e. The SMILES string of the molecule is CNc1cc(OC2CC2)ccc1C(=O)N(C)C. The third kappa shape index (κ3) is 2.70. The Morgan fingerprint density at radius 2 is 2.12 bits per heavy atom. The van der Waals surface area contributed by atoms with Gasteiger partial charge in [-0.2, -0.15) is 0 Å². The molecule has 17 heavy (non-hydrogen) atoms. The van der Waals surface area contributed by atoms with Crippen molar-refractivity contribution in [2.75, 3.05) is 26.5 Å². The van der Waals surface area contributed by atoms with E-state index < -0.39 is 0 Å². The van der Waals surface area contributed by atoms with Gasteiger partial charge in [0.2, 0.25) is 0 Å². The van der Waals surface area contributed by atoms with Crippen LogP contribution in [0.3, 0.4) is 0 Å². The number of rotatable bonds is 4. The van der Waals surface area contributed by atoms with Gasteiger partial charge in [-0.15, -0.1) is 0 Å². The minimum absolute atomic E-state index is 0.00711. The van der Waals surface area contributed by atoms with Crippen LogP contribution in [0.2, 0.25) is 0 Å². The van der Waals surface area contributed by atoms with E-state index in [1.165, 1.54) is 0 Å². The maximum Gasteiger partial charge on any atom is 0.255 e. The lowest BCUT2D eigenvalue weighted by Gasteiger charge is -2.15. The first-order valence-corrected chi connectivity index (χ1v) is 5.82. The molecule has 1 N–H and O–H groups in total. The van der Waals surface area contributed by atoms with Crippen molar-refractivity contribution in [1.82, 2.24) is 4.90 Å². The maximum atomic E-state index is 11.9. The van der Waals surface area contributed by atoms with Crippen molar-refractivity contribution >= 4 is 11.6 Å². The van der Waals surface area contributed by atoms with E-state index in [1.807, 2.05) is 25.2 Å². The normalized spacial score (nSPS) is 14.3. The van der Waals surface area contributed by atoms with Crippen molar-refractivity contribution in [3.8, 4) is 5.75 Å². The number of hydrogen-bond donors (Lipinski definition) is 1. The highest BCUT2D eigenvalue weighted by Crippen LogP contribution is 2.29. The number of carbonyl (C=O) groups is 1. The molecule has 1 amide bonds. The molecule has 1 aromatic rings. The molecule has 0 spiro atoms. The van der Waals surface area contributed by atoms with E-state index >= 15 is 0 Å². The van der Waals surface area contributed by atoms with Crippen molar-refractivity contribution in [3.05, 3.63) is 23.8 Å². The van der Waals surface area contributed by atoms with Crippen LogP contribution >= 0.6 is 0 Å². The van der Waals surface area contributed by atoms with Gasteiger partial charge in [0.05, 0.1) is 17.4 Å². The zero-order valence-electron chi connectivity index (χ0n) is 10.5. The first-order valence-electron chi connectivity index (χ1n) is 5.82. The topological polar surface area (TPSA) is 41.6 Å². The van der Waals surface area contributed by atoms with E-state index in [1.54, 1.807) is 19.0 Å². The number of carbonyl (C=O) groups excluding carboxylic acids is 1. The summed E-state index contributed by atoms with van der Waals surface area (Å²) in [5.41, 5.74) is 1.47. The Balaban J connectivity index is 2.23. The fraction of sp³-hybridized carbons (Fsp3) is 0.462. The summed E-state index contributed by atoms with van der Waals surface area (Å²) in [6, 6.07) is 5.55. The van der Waals surface area contributed by atoms with E-state index in [2.05, 4.69) is 5.32 Å². The van der Waals surface area contributed by atoms with Gasteiger partial charge in [-0.25, -0.2) is 0 Å². The summed E-state index contributed by atoms with van der Waals surface area (Å²) in [6.45, 7) is 0. The molecule has 4 heteroatoms. The van der Waals surface area contributed by atoms with E-state index in [9.17, 15) is 4.79 Å². The van der Waals surface area contributed by atoms with E-state index in [4.69, 9.17) is 4.74 Å². The smallest absolute Gasteiger partial charge is 0.255 e. The molecule has 0 heterocycles. The molecule has 1 saturated carbocycles. The van der Waals surface area contributed by atoms with Gasteiger partial charge in [0, 0.05) is 27.2 Å². The molecule has 0 aliphatic heterocycles. The van der Waals surface area contributed by atoms with Crippen LogP contribution in [0, 0.1) is 0 Å². The van der Waals surface area contributed by atoms with E-state index in [-0.39, 0.29) is 5.91 Å². The number of amides is 1. The van der Waals surface area contributed by atoms with Gasteiger partial charge in [0.15, 0.2) is 0 Å². The number of nitrogens with one attached hydrogen (secondary N) is 1. The molecule has 1 aliphatic carbocycles. The number of nitrogens with zero attached hydrogens (tertiary/aromatic N) is 1. The minimum Gasteiger partial charge on any atom is -0.490 e. The highest BCUT2D eigenvalue weighted by Gasteiger charge is 2.24. The molecule has 92 valence electrons. The zero-order valence-corrected chi connectivity index (χ0v) is 10.5. The first kappa shape index (κ1) is 11.8. The van der Waals surface area contributed by atoms with Crippen LogP contribution in [0.15, 0.2) is 18.2 Å². The fourth-order valence-corrected chi connectivity index (χ4v) is 1.61. The van der Waals surface area contributed by atoms with Gasteiger partial charge in [0.1, 0.15) is 5.75 Å². The van der Waals surface area contributed by atoms with Crippen molar-refractivity contribution in [2.45, 2.75) is 18.9 Å². The second-order valence-corrected chi connectivity index (χ2v) is 4.47. The Hall–Kier alpha value is -1.71. The van der Waals surface area contributed by atoms with Crippen molar-refractivity contribution in [1.29, 1.82) is 0 Å². The molecule has 0 saturated heterocycles. The Morgan fingerprint density at radius 1 is 1.41 bits per heavy atom. The highest BCUT2D eigenvalue weighted by atomic mass is 16.5. The summed E-state index contributed by atoms with van der Waals surface area (Å²) >= 11 is 0. The Kier molecular flexibility index (Phi) is 3.22. The second-order valence-electron chi connectivity index (χ2n) is 4.47. The number of ether oxygens (including phenoxy) is 1. The molecular formula is C13H18N2O2. The summed E-state index contributed by atoms with van der Waals surface area (Å²) in [7, 11) is 5.30. The van der Waals surface area contributed by atoms with Crippen LogP contribution in [0.25, 0.3) is 0 Å². The van der Waals surface area contributed by atoms with Crippen LogP contribution in [0.5, 0.6) is 5.75 Å². The van der Waals surface area contributed by atoms with Crippen LogP contribution < -0.4 is 10.1 Å². The average molecular weight is 234 g/mol. The quantitative estimate of drug-likeness (QED) is 0.866. The summed E-state index contributed by atoms with van der Waals surface area (Å²) < 4.78 is 5.70. The number of benzene rings is 1. The minimum atomic E-state index is -0.00711. The van der Waals surface area contributed by atoms with Crippen LogP contribution in [0.1, 0.15) is 23.2 Å². The molecule has 0 unspecified atom stereocenters. The molecule has 0 atom stereocenters. The van der Waals surface area contributed by atoms with E-state index in [0.29, 0.717) is 11.7 Å². The van der Waals surface area contributed by atoms with Crippen LogP contribution in [-0.4, -0.2) is 38.1 Å². The number of anilines is 1. The third-order valence-electron chi connectivity index (χ3n) is 2.72. The average Bonchev–Trinajstić information content (AvgIpc) is 3.11. The highest BCUT2D eigenvalue weighted by molar-refractivity contribution is 5.99. The summed E-state index contributed by atoms with van der Waals surface area (Å²) in [6.07, 6.45) is 2.63. The van der Waals surface area contributed by atoms with Gasteiger partial charge in [-0.1, -0.05) is 0 Å². The molecule has 1 fully saturated rings. The van der Waals surface area contributed by atoms with Gasteiger partial charge < -0.3 is 15.0 Å². The lowest BCUT2D eigenvalue weighted by molar-refractivity contribution is 0.0828. The summed E-state index contributed by atoms with van der Waals surface area (Å²) in [5.74, 6) is 0.819. The molecule has 0 aromatic heterocycles. The summed E-state index contributed by atoms with van der Waals surface area (Å²) in [5, 5.41) is 3.04. The van der Waals surface area contributed by atoms with Crippen molar-refractivity contribution in [3.63, 3.8) is 0 Å². The lowest BCUT2D eigenvalue weighted by Crippen LogP contribution is -2.22. The number of hydrogen-bond acceptors (Lipinski definition) is 3. The molecule has 2 rings (SSSR count). The molecule has 4 nitrogen and oxygen atoms in total. The summed E-state index contributed by atoms with van der Waals surface area (Å²) in [4.78, 5) is 13.5. The monoisotopic (exact) mass is 234 g/mol. The van der Waals surface area contributed by atoms with E-state index in [0.717, 1.165) is 24.3 Å². The molecule has 1 aliphatic rings. The Morgan fingerprint density at radius 3 is 2.65 bits per heavy atom.